The summed E-state index contributed by atoms with van der Waals surface area (Å²) in [4.78, 5) is 24.5. The molecule has 98 valence electrons. The molecule has 5 nitrogen and oxygen atoms in total. The minimum atomic E-state index is -1.11. The van der Waals surface area contributed by atoms with Crippen molar-refractivity contribution in [3.8, 4) is 5.75 Å². The number of carboxylic acid groups (broad SMARTS) is 1. The summed E-state index contributed by atoms with van der Waals surface area (Å²) in [7, 11) is 0. The molecule has 0 aliphatic heterocycles. The molecule has 0 atom stereocenters. The molecule has 0 aliphatic carbocycles. The lowest BCUT2D eigenvalue weighted by atomic mass is 10.2. The smallest absolute Gasteiger partial charge is 0.339 e. The van der Waals surface area contributed by atoms with E-state index in [1.165, 1.54) is 12.1 Å². The van der Waals surface area contributed by atoms with Crippen molar-refractivity contribution in [2.24, 2.45) is 0 Å². The van der Waals surface area contributed by atoms with E-state index in [1.807, 2.05) is 18.7 Å². The Labute approximate surface area is 106 Å². The van der Waals surface area contributed by atoms with Gasteiger partial charge in [-0.3, -0.25) is 9.69 Å². The van der Waals surface area contributed by atoms with E-state index in [0.717, 1.165) is 13.1 Å². The van der Waals surface area contributed by atoms with E-state index in [4.69, 9.17) is 9.84 Å². The van der Waals surface area contributed by atoms with Crippen LogP contribution in [0.1, 0.15) is 24.2 Å². The standard InChI is InChI=1S/C13H17NO4/c1-3-14(4-2)9-12(15)18-11-8-6-5-7-10(11)13(16)17/h5-8H,3-4,9H2,1-2H3,(H,16,17). The number of likely N-dealkylation sites (N-methyl/N-ethyl adjacent to an activating group) is 1. The number of ether oxygens (including phenoxy) is 1. The fraction of sp³-hybridized carbons (Fsp3) is 0.385. The molecular weight excluding hydrogens is 234 g/mol. The predicted octanol–water partition coefficient (Wildman–Crippen LogP) is 1.63. The van der Waals surface area contributed by atoms with E-state index in [-0.39, 0.29) is 17.9 Å². The number of benzene rings is 1. The van der Waals surface area contributed by atoms with Gasteiger partial charge >= 0.3 is 11.9 Å². The van der Waals surface area contributed by atoms with Gasteiger partial charge in [0.05, 0.1) is 6.54 Å². The number of hydrogen-bond acceptors (Lipinski definition) is 4. The first-order valence-electron chi connectivity index (χ1n) is 5.83. The highest BCUT2D eigenvalue weighted by atomic mass is 16.5. The summed E-state index contributed by atoms with van der Waals surface area (Å²) in [6.45, 7) is 5.53. The van der Waals surface area contributed by atoms with Crippen LogP contribution in [-0.4, -0.2) is 41.6 Å². The molecule has 0 radical (unpaired) electrons. The van der Waals surface area contributed by atoms with Gasteiger partial charge in [0.15, 0.2) is 0 Å². The average Bonchev–Trinajstić information content (AvgIpc) is 2.36. The summed E-state index contributed by atoms with van der Waals surface area (Å²) in [5.74, 6) is -1.48. The van der Waals surface area contributed by atoms with Gasteiger partial charge in [-0.15, -0.1) is 0 Å². The number of nitrogens with zero attached hydrogens (tertiary/aromatic N) is 1. The van der Waals surface area contributed by atoms with Crippen LogP contribution in [0, 0.1) is 0 Å². The SMILES string of the molecule is CCN(CC)CC(=O)Oc1ccccc1C(=O)O. The van der Waals surface area contributed by atoms with Crippen LogP contribution in [0.4, 0.5) is 0 Å². The average molecular weight is 251 g/mol. The Hall–Kier alpha value is -1.88. The largest absolute Gasteiger partial charge is 0.478 e. The van der Waals surface area contributed by atoms with E-state index in [2.05, 4.69) is 0 Å². The van der Waals surface area contributed by atoms with Crippen molar-refractivity contribution in [1.82, 2.24) is 4.90 Å². The van der Waals surface area contributed by atoms with Crippen molar-refractivity contribution in [2.45, 2.75) is 13.8 Å². The van der Waals surface area contributed by atoms with Crippen molar-refractivity contribution in [2.75, 3.05) is 19.6 Å². The summed E-state index contributed by atoms with van der Waals surface area (Å²) in [5, 5.41) is 8.95. The number of hydrogen-bond donors (Lipinski definition) is 1. The molecule has 0 amide bonds. The molecule has 1 rings (SSSR count). The molecule has 0 unspecified atom stereocenters. The van der Waals surface area contributed by atoms with E-state index < -0.39 is 11.9 Å². The summed E-state index contributed by atoms with van der Waals surface area (Å²) in [5.41, 5.74) is -0.00889. The Morgan fingerprint density at radius 2 is 1.83 bits per heavy atom. The monoisotopic (exact) mass is 251 g/mol. The first kappa shape index (κ1) is 14.2. The van der Waals surface area contributed by atoms with E-state index in [0.29, 0.717) is 0 Å². The zero-order chi connectivity index (χ0) is 13.5. The molecular formula is C13H17NO4. The van der Waals surface area contributed by atoms with Gasteiger partial charge in [-0.25, -0.2) is 4.79 Å². The highest BCUT2D eigenvalue weighted by molar-refractivity contribution is 5.92. The Morgan fingerprint density at radius 1 is 1.22 bits per heavy atom. The van der Waals surface area contributed by atoms with Gasteiger partial charge in [0, 0.05) is 0 Å². The number of aromatic carboxylic acids is 1. The fourth-order valence-electron chi connectivity index (χ4n) is 1.52. The second-order valence-electron chi connectivity index (χ2n) is 3.74. The third kappa shape index (κ3) is 3.85. The van der Waals surface area contributed by atoms with Crippen LogP contribution in [-0.2, 0) is 4.79 Å². The van der Waals surface area contributed by atoms with Crippen LogP contribution in [0.2, 0.25) is 0 Å². The summed E-state index contributed by atoms with van der Waals surface area (Å²) in [6.07, 6.45) is 0. The maximum Gasteiger partial charge on any atom is 0.339 e. The number of carbonyl (C=O) groups is 2. The second-order valence-corrected chi connectivity index (χ2v) is 3.74. The van der Waals surface area contributed by atoms with E-state index >= 15 is 0 Å². The lowest BCUT2D eigenvalue weighted by Crippen LogP contribution is -2.32. The molecule has 0 heterocycles. The van der Waals surface area contributed by atoms with Crippen molar-refractivity contribution in [3.63, 3.8) is 0 Å². The van der Waals surface area contributed by atoms with Crippen molar-refractivity contribution < 1.29 is 19.4 Å². The van der Waals surface area contributed by atoms with Gasteiger partial charge in [-0.05, 0) is 25.2 Å². The molecule has 1 aromatic rings. The molecule has 0 saturated carbocycles. The van der Waals surface area contributed by atoms with E-state index in [9.17, 15) is 9.59 Å². The fourth-order valence-corrected chi connectivity index (χ4v) is 1.52. The summed E-state index contributed by atoms with van der Waals surface area (Å²) >= 11 is 0. The lowest BCUT2D eigenvalue weighted by molar-refractivity contribution is -0.135. The third-order valence-electron chi connectivity index (χ3n) is 2.59. The maximum absolute atomic E-state index is 11.7. The van der Waals surface area contributed by atoms with Gasteiger partial charge < -0.3 is 9.84 Å². The predicted molar refractivity (Wildman–Crippen MR) is 66.8 cm³/mol. The molecule has 0 aliphatic rings. The molecule has 18 heavy (non-hydrogen) atoms. The Balaban J connectivity index is 2.73. The van der Waals surface area contributed by atoms with Crippen molar-refractivity contribution >= 4 is 11.9 Å². The molecule has 5 heteroatoms. The van der Waals surface area contributed by atoms with Gasteiger partial charge in [-0.2, -0.15) is 0 Å². The number of carbonyl (C=O) groups excluding carboxylic acids is 1. The minimum absolute atomic E-state index is 0.00889. The molecule has 0 fully saturated rings. The third-order valence-corrected chi connectivity index (χ3v) is 2.59. The highest BCUT2D eigenvalue weighted by Crippen LogP contribution is 2.17. The van der Waals surface area contributed by atoms with Gasteiger partial charge in [0.1, 0.15) is 11.3 Å². The summed E-state index contributed by atoms with van der Waals surface area (Å²) in [6, 6.07) is 6.10. The van der Waals surface area contributed by atoms with Crippen LogP contribution in [0.3, 0.4) is 0 Å². The molecule has 0 spiro atoms. The Bertz CT molecular complexity index is 427. The van der Waals surface area contributed by atoms with Gasteiger partial charge in [-0.1, -0.05) is 26.0 Å². The normalized spacial score (nSPS) is 10.4. The minimum Gasteiger partial charge on any atom is -0.478 e. The molecule has 0 saturated heterocycles. The first-order chi connectivity index (χ1) is 8.58. The quantitative estimate of drug-likeness (QED) is 0.615. The second kappa shape index (κ2) is 6.76. The topological polar surface area (TPSA) is 66.8 Å². The lowest BCUT2D eigenvalue weighted by Gasteiger charge is -2.16. The number of esters is 1. The van der Waals surface area contributed by atoms with Gasteiger partial charge in [0.25, 0.3) is 0 Å². The van der Waals surface area contributed by atoms with Gasteiger partial charge in [0.2, 0.25) is 0 Å². The van der Waals surface area contributed by atoms with Crippen molar-refractivity contribution in [1.29, 1.82) is 0 Å². The summed E-state index contributed by atoms with van der Waals surface area (Å²) < 4.78 is 5.08. The Morgan fingerprint density at radius 3 is 2.39 bits per heavy atom. The highest BCUT2D eigenvalue weighted by Gasteiger charge is 2.15. The van der Waals surface area contributed by atoms with Crippen LogP contribution >= 0.6 is 0 Å². The Kier molecular flexibility index (Phi) is 5.32. The van der Waals surface area contributed by atoms with Crippen molar-refractivity contribution in [3.05, 3.63) is 29.8 Å². The zero-order valence-corrected chi connectivity index (χ0v) is 10.5. The molecule has 1 N–H and O–H groups in total. The molecule has 1 aromatic carbocycles. The van der Waals surface area contributed by atoms with E-state index in [1.54, 1.807) is 12.1 Å². The van der Waals surface area contributed by atoms with Crippen LogP contribution in [0.25, 0.3) is 0 Å². The molecule has 0 aromatic heterocycles. The number of rotatable bonds is 6. The molecule has 0 bridgehead atoms. The van der Waals surface area contributed by atoms with Crippen LogP contribution in [0.15, 0.2) is 24.3 Å². The first-order valence-corrected chi connectivity index (χ1v) is 5.83. The number of para-hydroxylation sites is 1. The van der Waals surface area contributed by atoms with Crippen LogP contribution in [0.5, 0.6) is 5.75 Å². The van der Waals surface area contributed by atoms with Crippen LogP contribution < -0.4 is 4.74 Å². The maximum atomic E-state index is 11.7. The number of carboxylic acids is 1. The zero-order valence-electron chi connectivity index (χ0n) is 10.5.